The van der Waals surface area contributed by atoms with Crippen molar-refractivity contribution in [1.29, 1.82) is 0 Å². The van der Waals surface area contributed by atoms with Gasteiger partial charge in [0.05, 0.1) is 28.8 Å². The summed E-state index contributed by atoms with van der Waals surface area (Å²) in [6.07, 6.45) is 34.7. The van der Waals surface area contributed by atoms with Crippen LogP contribution in [-0.2, 0) is 60.4 Å². The van der Waals surface area contributed by atoms with Gasteiger partial charge < -0.3 is 43.2 Å². The number of fused-ring (bicyclic) bond motifs is 4. The predicted octanol–water partition coefficient (Wildman–Crippen LogP) is 12.4. The Bertz CT molecular complexity index is 4850. The van der Waals surface area contributed by atoms with E-state index in [1.807, 2.05) is 103 Å². The zero-order chi connectivity index (χ0) is 81.8. The highest BCUT2D eigenvalue weighted by Gasteiger charge is 2.35. The highest BCUT2D eigenvalue weighted by Crippen LogP contribution is 2.33. The molecule has 6 aromatic rings. The summed E-state index contributed by atoms with van der Waals surface area (Å²) in [4.78, 5) is 115. The third-order valence-corrected chi connectivity index (χ3v) is 25.6. The number of hydrogen-bond acceptors (Lipinski definition) is 12. The number of nitrogens with one attached hydrogen (secondary N) is 1. The number of carbonyl (C=O) groups is 4. The Morgan fingerprint density at radius 1 is 0.470 bits per heavy atom. The topological polar surface area (TPSA) is 191 Å². The predicted molar refractivity (Wildman–Crippen MR) is 450 cm³/mol. The number of amides is 4. The van der Waals surface area contributed by atoms with Gasteiger partial charge in [-0.15, -0.1) is 0 Å². The third-order valence-electron chi connectivity index (χ3n) is 25.2. The Hall–Kier alpha value is -9.00. The average molecular weight is 1600 g/mol. The Morgan fingerprint density at radius 2 is 0.835 bits per heavy atom. The maximum Gasteiger partial charge on any atom is 0.401 e. The standard InChI is InChI=1S/C25H31N3O2.C24H28ClN3O2.C23H33N3O2.C19H24F3N3O2/c1-18(20-8-5-4-6-9-20)28-14-12-19(13-15-28)16-26(2)25(30)23-17-27(3)24(29)22-11-7-10-21(22)23;1-26(24(30)21-16-27(2)23(29)20-8-5-7-19(20)21)14-17-10-12-28(13-11-17)15-18-6-3-4-9-22(18)25;1-24(14-18-10-12-26(13-11-18)15-17-6-3-4-7-17)23(28)21-16-25(2)22(27)20-9-5-8-19(20)21;1-24-11-16(14-3-2-4-15(14)18(24)27)17(26)23-8-5-13-6-9-25(10-7-13)12-19(20,21)22/h4-10,17-19H,11-16H2,1-3H3;3-7,9,16-17H,8,10-15H2,1-2H3;5,8,16-18H,3-4,6-7,9-15H2,1-2H3;2-3,11,13H,4-10,12H2,1H3,(H,23,26). The Morgan fingerprint density at radius 3 is 1.25 bits per heavy atom. The number of allylic oxidation sites excluding steroid dienone is 4. The second-order valence-electron chi connectivity index (χ2n) is 33.5. The molecule has 616 valence electrons. The minimum Gasteiger partial charge on any atom is -0.352 e. The van der Waals surface area contributed by atoms with Crippen LogP contribution in [0.2, 0.25) is 5.02 Å². The number of aryl methyl sites for hydroxylation is 4. The Balaban J connectivity index is 0.000000142. The molecule has 4 saturated heterocycles. The van der Waals surface area contributed by atoms with Crippen molar-refractivity contribution in [2.45, 2.75) is 135 Å². The van der Waals surface area contributed by atoms with Gasteiger partial charge in [0.1, 0.15) is 0 Å². The summed E-state index contributed by atoms with van der Waals surface area (Å²) in [5.41, 5.74) is 10.8. The van der Waals surface area contributed by atoms with Gasteiger partial charge >= 0.3 is 6.18 Å². The number of piperidine rings is 4. The molecule has 1 N–H and O–H groups in total. The van der Waals surface area contributed by atoms with Crippen molar-refractivity contribution < 1.29 is 32.3 Å². The first-order valence-corrected chi connectivity index (χ1v) is 41.9. The minimum absolute atomic E-state index is 0.00545. The van der Waals surface area contributed by atoms with Gasteiger partial charge in [-0.1, -0.05) is 122 Å². The molecule has 0 bridgehead atoms. The van der Waals surface area contributed by atoms with E-state index < -0.39 is 12.7 Å². The molecule has 5 aliphatic carbocycles. The Labute approximate surface area is 679 Å². The number of hydrogen-bond donors (Lipinski definition) is 1. The molecule has 20 nitrogen and oxygen atoms in total. The summed E-state index contributed by atoms with van der Waals surface area (Å²) in [6, 6.07) is 19.1. The van der Waals surface area contributed by atoms with Gasteiger partial charge in [-0.3, -0.25) is 53.1 Å². The molecule has 15 rings (SSSR count). The lowest BCUT2D eigenvalue weighted by Gasteiger charge is -2.37. The van der Waals surface area contributed by atoms with Gasteiger partial charge in [-0.05, 0) is 225 Å². The molecular weight excluding hydrogens is 1480 g/mol. The van der Waals surface area contributed by atoms with Crippen LogP contribution in [0, 0.1) is 29.6 Å². The van der Waals surface area contributed by atoms with Crippen LogP contribution < -0.4 is 27.6 Å². The molecule has 4 aliphatic heterocycles. The molecule has 1 atom stereocenters. The van der Waals surface area contributed by atoms with Crippen molar-refractivity contribution in [1.82, 2.24) is 57.9 Å². The molecule has 4 amide bonds. The van der Waals surface area contributed by atoms with Gasteiger partial charge in [-0.2, -0.15) is 13.2 Å². The normalized spacial score (nSPS) is 18.2. The van der Waals surface area contributed by atoms with Gasteiger partial charge in [0.2, 0.25) is 0 Å². The summed E-state index contributed by atoms with van der Waals surface area (Å²) < 4.78 is 43.3. The van der Waals surface area contributed by atoms with E-state index in [1.54, 1.807) is 57.5 Å². The van der Waals surface area contributed by atoms with Crippen LogP contribution in [0.25, 0.3) is 24.3 Å². The zero-order valence-corrected chi connectivity index (χ0v) is 69.2. The molecule has 0 radical (unpaired) electrons. The first-order valence-electron chi connectivity index (χ1n) is 41.5. The van der Waals surface area contributed by atoms with Crippen LogP contribution in [0.4, 0.5) is 13.2 Å². The van der Waals surface area contributed by atoms with E-state index in [2.05, 4.69) is 63.3 Å². The zero-order valence-electron chi connectivity index (χ0n) is 68.4. The minimum atomic E-state index is -4.15. The van der Waals surface area contributed by atoms with Crippen LogP contribution in [0.5, 0.6) is 0 Å². The smallest absolute Gasteiger partial charge is 0.352 e. The molecule has 8 heterocycles. The maximum absolute atomic E-state index is 13.2. The highest BCUT2D eigenvalue weighted by atomic mass is 35.5. The largest absolute Gasteiger partial charge is 0.401 e. The fourth-order valence-corrected chi connectivity index (χ4v) is 18.6. The lowest BCUT2D eigenvalue weighted by atomic mass is 9.93. The number of rotatable bonds is 20. The van der Waals surface area contributed by atoms with E-state index in [4.69, 9.17) is 11.6 Å². The van der Waals surface area contributed by atoms with Crippen LogP contribution >= 0.6 is 11.6 Å². The summed E-state index contributed by atoms with van der Waals surface area (Å²) in [7, 11) is 12.5. The number of nitrogens with zero attached hydrogens (tertiary/aromatic N) is 11. The van der Waals surface area contributed by atoms with Gasteiger partial charge in [0.25, 0.3) is 45.9 Å². The maximum atomic E-state index is 13.2. The second kappa shape index (κ2) is 38.8. The lowest BCUT2D eigenvalue weighted by molar-refractivity contribution is -0.148. The Kier molecular flexibility index (Phi) is 28.8. The molecule has 4 aromatic heterocycles. The number of carbonyl (C=O) groups excluding carboxylic acids is 4. The van der Waals surface area contributed by atoms with Crippen molar-refractivity contribution in [2.24, 2.45) is 57.8 Å². The molecule has 2 aromatic carbocycles. The van der Waals surface area contributed by atoms with Crippen LogP contribution in [-0.4, -0.2) is 195 Å². The van der Waals surface area contributed by atoms with Gasteiger partial charge in [0.15, 0.2) is 0 Å². The molecule has 24 heteroatoms. The van der Waals surface area contributed by atoms with Crippen molar-refractivity contribution in [3.63, 3.8) is 0 Å². The number of alkyl halides is 3. The lowest BCUT2D eigenvalue weighted by Crippen LogP contribution is -2.41. The van der Waals surface area contributed by atoms with Crippen LogP contribution in [0.3, 0.4) is 0 Å². The summed E-state index contributed by atoms with van der Waals surface area (Å²) in [5, 5.41) is 3.71. The summed E-state index contributed by atoms with van der Waals surface area (Å²) in [6.45, 7) is 13.7. The fourth-order valence-electron chi connectivity index (χ4n) is 18.4. The van der Waals surface area contributed by atoms with Gasteiger partial charge in [-0.25, -0.2) is 0 Å². The second-order valence-corrected chi connectivity index (χ2v) is 33.9. The molecule has 115 heavy (non-hydrogen) atoms. The van der Waals surface area contributed by atoms with Crippen molar-refractivity contribution in [2.75, 3.05) is 113 Å². The fraction of sp³-hybridized carbons (Fsp3) is 0.516. The molecular formula is C91H116ClF3N12O8. The average Bonchev–Trinajstić information content (AvgIpc) is 1.70. The molecule has 1 unspecified atom stereocenters. The van der Waals surface area contributed by atoms with Crippen molar-refractivity contribution >= 4 is 59.5 Å². The number of aromatic nitrogens is 4. The van der Waals surface area contributed by atoms with Crippen molar-refractivity contribution in [3.05, 3.63) is 228 Å². The first kappa shape index (κ1) is 85.4. The number of likely N-dealkylation sites (tertiary alicyclic amines) is 4. The van der Waals surface area contributed by atoms with Crippen LogP contribution in [0.15, 0.2) is 123 Å². The van der Waals surface area contributed by atoms with Gasteiger partial charge in [0, 0.05) is 147 Å². The van der Waals surface area contributed by atoms with E-state index in [-0.39, 0.29) is 45.9 Å². The number of pyridine rings is 4. The van der Waals surface area contributed by atoms with Crippen LogP contribution in [0.1, 0.15) is 194 Å². The molecule has 5 fully saturated rings. The monoisotopic (exact) mass is 1600 g/mol. The molecule has 0 spiro atoms. The summed E-state index contributed by atoms with van der Waals surface area (Å²) >= 11 is 6.30. The number of halogens is 4. The first-order chi connectivity index (χ1) is 55.2. The number of benzene rings is 2. The highest BCUT2D eigenvalue weighted by molar-refractivity contribution is 6.31. The van der Waals surface area contributed by atoms with E-state index in [0.29, 0.717) is 121 Å². The SMILES string of the molecule is CC(c1ccccc1)N1CCC(CN(C)C(=O)c2cn(C)c(=O)c3c2C=CC3)CC1.CN(CC1CCN(CC2CCCC2)CC1)C(=O)c1cn(C)c(=O)c2c1C=CC2.CN(CC1CCN(Cc2ccccc2Cl)CC1)C(=O)c1cn(C)c(=O)c2c1C=CC2.Cn1cc(C(=O)NCCC2CCN(CC(F)(F)F)CC2)c2c(c1=O)CC=C2. The van der Waals surface area contributed by atoms with E-state index >= 15 is 0 Å². The third kappa shape index (κ3) is 21.4. The van der Waals surface area contributed by atoms with E-state index in [9.17, 15) is 51.5 Å². The van der Waals surface area contributed by atoms with E-state index in [1.165, 1.54) is 87.9 Å². The summed E-state index contributed by atoms with van der Waals surface area (Å²) in [5.74, 6) is 2.62. The molecule has 9 aliphatic rings. The van der Waals surface area contributed by atoms with Crippen molar-refractivity contribution in [3.8, 4) is 0 Å². The molecule has 1 saturated carbocycles. The quantitative estimate of drug-likeness (QED) is 0.0762. The van der Waals surface area contributed by atoms with E-state index in [0.717, 1.165) is 129 Å².